The van der Waals surface area contributed by atoms with Crippen LogP contribution in [0.2, 0.25) is 0 Å². The molecule has 3 heteroatoms. The molecule has 4 aliphatic rings. The molecule has 7 atom stereocenters. The minimum Gasteiger partial charge on any atom is -0.463 e. The molecular formula is C27H40O3. The molecule has 0 aromatic heterocycles. The predicted molar refractivity (Wildman–Crippen MR) is 120 cm³/mol. The summed E-state index contributed by atoms with van der Waals surface area (Å²) in [6.45, 7) is 9.63. The first kappa shape index (κ1) is 21.8. The van der Waals surface area contributed by atoms with E-state index >= 15 is 0 Å². The van der Waals surface area contributed by atoms with Crippen molar-refractivity contribution in [3.63, 3.8) is 0 Å². The van der Waals surface area contributed by atoms with Gasteiger partial charge in [-0.05, 0) is 105 Å². The van der Waals surface area contributed by atoms with E-state index in [1.54, 1.807) is 6.08 Å². The second-order valence-corrected chi connectivity index (χ2v) is 10.9. The van der Waals surface area contributed by atoms with E-state index in [1.165, 1.54) is 37.7 Å². The van der Waals surface area contributed by atoms with Gasteiger partial charge in [0.15, 0.2) is 5.78 Å². The normalized spacial score (nSPS) is 43.0. The van der Waals surface area contributed by atoms with E-state index in [1.807, 2.05) is 6.92 Å². The number of rotatable bonds is 5. The maximum Gasteiger partial charge on any atom is 0.330 e. The fourth-order valence-corrected chi connectivity index (χ4v) is 8.19. The topological polar surface area (TPSA) is 43.4 Å². The average Bonchev–Trinajstić information content (AvgIpc) is 3.05. The highest BCUT2D eigenvalue weighted by atomic mass is 16.5. The molecule has 0 aliphatic heterocycles. The van der Waals surface area contributed by atoms with Crippen molar-refractivity contribution >= 4 is 11.8 Å². The molecule has 0 saturated heterocycles. The first-order valence-electron chi connectivity index (χ1n) is 12.4. The zero-order chi connectivity index (χ0) is 21.5. The Bertz CT molecular complexity index is 749. The molecule has 3 fully saturated rings. The lowest BCUT2D eigenvalue weighted by molar-refractivity contribution is -0.137. The number of fused-ring (bicyclic) bond motifs is 5. The van der Waals surface area contributed by atoms with Crippen molar-refractivity contribution in [3.05, 3.63) is 23.8 Å². The standard InChI is InChI=1S/C27H40O3/c1-5-18-16-21-22-11-10-19(8-7-9-25(29)30-6-2)26(22,3)15-13-23(21)27(4)14-12-20(28)17-24(18)27/h7,9,17-19,21-23H,5-6,8,10-16H2,1-4H3/b9-7+/t18-,19+,21?,22?,23?,26?,27?/m1/s1. The lowest BCUT2D eigenvalue weighted by atomic mass is 9.45. The van der Waals surface area contributed by atoms with Crippen LogP contribution in [0.3, 0.4) is 0 Å². The van der Waals surface area contributed by atoms with Gasteiger partial charge in [0, 0.05) is 12.5 Å². The Morgan fingerprint density at radius 3 is 2.70 bits per heavy atom. The van der Waals surface area contributed by atoms with E-state index in [4.69, 9.17) is 4.74 Å². The van der Waals surface area contributed by atoms with Crippen molar-refractivity contribution in [1.29, 1.82) is 0 Å². The van der Waals surface area contributed by atoms with Crippen LogP contribution in [0.15, 0.2) is 23.8 Å². The third-order valence-corrected chi connectivity index (χ3v) is 9.77. The summed E-state index contributed by atoms with van der Waals surface area (Å²) in [7, 11) is 0. The Morgan fingerprint density at radius 1 is 1.17 bits per heavy atom. The summed E-state index contributed by atoms with van der Waals surface area (Å²) in [5, 5.41) is 0. The summed E-state index contributed by atoms with van der Waals surface area (Å²) < 4.78 is 5.05. The van der Waals surface area contributed by atoms with E-state index in [0.717, 1.165) is 43.4 Å². The van der Waals surface area contributed by atoms with Gasteiger partial charge in [-0.25, -0.2) is 4.79 Å². The zero-order valence-corrected chi connectivity index (χ0v) is 19.4. The van der Waals surface area contributed by atoms with E-state index in [-0.39, 0.29) is 11.4 Å². The average molecular weight is 413 g/mol. The number of esters is 1. The molecule has 5 unspecified atom stereocenters. The highest BCUT2D eigenvalue weighted by molar-refractivity contribution is 5.91. The quantitative estimate of drug-likeness (QED) is 0.394. The smallest absolute Gasteiger partial charge is 0.330 e. The minimum atomic E-state index is -0.210. The van der Waals surface area contributed by atoms with Crippen molar-refractivity contribution < 1.29 is 14.3 Å². The molecule has 4 aliphatic carbocycles. The Labute approximate surface area is 182 Å². The molecular weight excluding hydrogens is 372 g/mol. The SMILES string of the molecule is CCOC(=O)/C=C/C[C@H]1CCC2C3C[C@@H](CC)C4=CC(=O)CCC4(C)C3CCC21C. The Morgan fingerprint density at radius 2 is 1.97 bits per heavy atom. The number of carbonyl (C=O) groups excluding carboxylic acids is 2. The number of carbonyl (C=O) groups is 2. The third-order valence-electron chi connectivity index (χ3n) is 9.77. The highest BCUT2D eigenvalue weighted by Gasteiger charge is 2.59. The lowest BCUT2D eigenvalue weighted by Crippen LogP contribution is -2.52. The van der Waals surface area contributed by atoms with Gasteiger partial charge in [-0.3, -0.25) is 4.79 Å². The molecule has 0 aromatic carbocycles. The predicted octanol–water partition coefficient (Wildman–Crippen LogP) is 6.28. The van der Waals surface area contributed by atoms with Crippen LogP contribution in [0.25, 0.3) is 0 Å². The third kappa shape index (κ3) is 3.50. The van der Waals surface area contributed by atoms with Gasteiger partial charge in [0.1, 0.15) is 0 Å². The van der Waals surface area contributed by atoms with Crippen molar-refractivity contribution in [2.45, 2.75) is 85.5 Å². The molecule has 166 valence electrons. The van der Waals surface area contributed by atoms with Crippen molar-refractivity contribution in [2.75, 3.05) is 6.61 Å². The van der Waals surface area contributed by atoms with Crippen LogP contribution < -0.4 is 0 Å². The Hall–Kier alpha value is -1.38. The van der Waals surface area contributed by atoms with Crippen LogP contribution in [0, 0.1) is 40.4 Å². The van der Waals surface area contributed by atoms with E-state index in [0.29, 0.717) is 29.6 Å². The second kappa shape index (κ2) is 8.28. The van der Waals surface area contributed by atoms with Gasteiger partial charge in [-0.1, -0.05) is 32.4 Å². The minimum absolute atomic E-state index is 0.210. The summed E-state index contributed by atoms with van der Waals surface area (Å²) in [5.41, 5.74) is 2.12. The van der Waals surface area contributed by atoms with Crippen LogP contribution in [0.5, 0.6) is 0 Å². The number of hydrogen-bond acceptors (Lipinski definition) is 3. The van der Waals surface area contributed by atoms with Gasteiger partial charge in [0.2, 0.25) is 0 Å². The maximum absolute atomic E-state index is 12.2. The molecule has 0 aromatic rings. The molecule has 0 spiro atoms. The molecule has 0 bridgehead atoms. The van der Waals surface area contributed by atoms with E-state index < -0.39 is 0 Å². The first-order chi connectivity index (χ1) is 14.3. The van der Waals surface area contributed by atoms with Gasteiger partial charge in [-0.15, -0.1) is 0 Å². The van der Waals surface area contributed by atoms with E-state index in [9.17, 15) is 9.59 Å². The summed E-state index contributed by atoms with van der Waals surface area (Å²) >= 11 is 0. The highest BCUT2D eigenvalue weighted by Crippen LogP contribution is 2.68. The van der Waals surface area contributed by atoms with E-state index in [2.05, 4.69) is 32.9 Å². The summed E-state index contributed by atoms with van der Waals surface area (Å²) in [4.78, 5) is 23.9. The summed E-state index contributed by atoms with van der Waals surface area (Å²) in [6.07, 6.45) is 16.2. The molecule has 0 radical (unpaired) electrons. The van der Waals surface area contributed by atoms with Crippen LogP contribution >= 0.6 is 0 Å². The molecule has 30 heavy (non-hydrogen) atoms. The Balaban J connectivity index is 1.54. The zero-order valence-electron chi connectivity index (χ0n) is 19.4. The number of ether oxygens (including phenoxy) is 1. The monoisotopic (exact) mass is 412 g/mol. The fraction of sp³-hybridized carbons (Fsp3) is 0.778. The van der Waals surface area contributed by atoms with Crippen molar-refractivity contribution in [2.24, 2.45) is 40.4 Å². The van der Waals surface area contributed by atoms with Gasteiger partial charge in [0.25, 0.3) is 0 Å². The fourth-order valence-electron chi connectivity index (χ4n) is 8.19. The first-order valence-corrected chi connectivity index (χ1v) is 12.4. The molecule has 4 rings (SSSR count). The van der Waals surface area contributed by atoms with Crippen molar-refractivity contribution in [1.82, 2.24) is 0 Å². The van der Waals surface area contributed by atoms with Crippen molar-refractivity contribution in [3.8, 4) is 0 Å². The van der Waals surface area contributed by atoms with Crippen LogP contribution in [0.1, 0.15) is 85.5 Å². The van der Waals surface area contributed by atoms with Crippen LogP contribution in [-0.2, 0) is 14.3 Å². The number of allylic oxidation sites excluding steroid dienone is 2. The maximum atomic E-state index is 12.2. The second-order valence-electron chi connectivity index (χ2n) is 10.9. The lowest BCUT2D eigenvalue weighted by Gasteiger charge is -2.60. The molecule has 3 saturated carbocycles. The van der Waals surface area contributed by atoms with Gasteiger partial charge in [-0.2, -0.15) is 0 Å². The summed E-state index contributed by atoms with van der Waals surface area (Å²) in [5.74, 6) is 3.74. The molecule has 0 N–H and O–H groups in total. The van der Waals surface area contributed by atoms with Crippen LogP contribution in [-0.4, -0.2) is 18.4 Å². The molecule has 0 amide bonds. The van der Waals surface area contributed by atoms with Gasteiger partial charge >= 0.3 is 5.97 Å². The summed E-state index contributed by atoms with van der Waals surface area (Å²) in [6, 6.07) is 0. The number of hydrogen-bond donors (Lipinski definition) is 0. The van der Waals surface area contributed by atoms with Crippen LogP contribution in [0.4, 0.5) is 0 Å². The van der Waals surface area contributed by atoms with Gasteiger partial charge in [0.05, 0.1) is 6.61 Å². The molecule has 0 heterocycles. The Kier molecular flexibility index (Phi) is 6.03. The largest absolute Gasteiger partial charge is 0.463 e. The van der Waals surface area contributed by atoms with Gasteiger partial charge < -0.3 is 4.74 Å². The molecule has 3 nitrogen and oxygen atoms in total. The number of ketones is 1.